The van der Waals surface area contributed by atoms with Gasteiger partial charge in [0.1, 0.15) is 28.9 Å². The smallest absolute Gasteiger partial charge is 0.387 e. The molecule has 9 rings (SSSR count). The Morgan fingerprint density at radius 2 is 1.69 bits per heavy atom. The zero-order chi connectivity index (χ0) is 40.1. The number of benzene rings is 4. The summed E-state index contributed by atoms with van der Waals surface area (Å²) in [5.41, 5.74) is 8.84. The quantitative estimate of drug-likeness (QED) is 0.134. The van der Waals surface area contributed by atoms with Gasteiger partial charge < -0.3 is 28.7 Å². The number of hydrogen-bond acceptors (Lipinski definition) is 11. The number of rotatable bonds is 11. The molecule has 12 nitrogen and oxygen atoms in total. The van der Waals surface area contributed by atoms with Gasteiger partial charge in [0.2, 0.25) is 11.8 Å². The number of oxazole rings is 2. The van der Waals surface area contributed by atoms with Gasteiger partial charge in [0.15, 0.2) is 11.2 Å². The molecule has 298 valence electrons. The van der Waals surface area contributed by atoms with Crippen molar-refractivity contribution in [3.8, 4) is 45.9 Å². The van der Waals surface area contributed by atoms with Crippen LogP contribution in [-0.4, -0.2) is 88.9 Å². The van der Waals surface area contributed by atoms with Crippen LogP contribution in [-0.2, 0) is 22.6 Å². The average Bonchev–Trinajstić information content (AvgIpc) is 3.95. The normalized spacial score (nSPS) is 19.2. The van der Waals surface area contributed by atoms with Gasteiger partial charge in [-0.05, 0) is 91.4 Å². The Labute approximate surface area is 333 Å². The van der Waals surface area contributed by atoms with E-state index in [2.05, 4.69) is 16.3 Å². The fraction of sp³-hybridized carbons (Fsp3) is 0.364. The third-order valence-corrected chi connectivity index (χ3v) is 11.8. The van der Waals surface area contributed by atoms with Crippen LogP contribution < -0.4 is 10.1 Å². The highest BCUT2D eigenvalue weighted by Gasteiger charge is 2.35. The molecule has 3 aliphatic heterocycles. The number of hydrogen-bond donors (Lipinski definition) is 2. The zero-order valence-corrected chi connectivity index (χ0v) is 32.1. The molecule has 2 N–H and O–H groups in total. The highest BCUT2D eigenvalue weighted by molar-refractivity contribution is 5.86. The fourth-order valence-electron chi connectivity index (χ4n) is 8.78. The minimum atomic E-state index is -3.07. The van der Waals surface area contributed by atoms with Crippen molar-refractivity contribution in [1.29, 1.82) is 5.26 Å². The molecule has 0 aliphatic carbocycles. The number of likely N-dealkylation sites (tertiary alicyclic amines) is 2. The average molecular weight is 789 g/mol. The molecule has 58 heavy (non-hydrogen) atoms. The van der Waals surface area contributed by atoms with E-state index in [0.29, 0.717) is 76.9 Å². The number of carbonyl (C=O) groups is 1. The van der Waals surface area contributed by atoms with E-state index in [1.165, 1.54) is 6.07 Å². The van der Waals surface area contributed by atoms with Crippen LogP contribution in [0.4, 0.5) is 8.78 Å². The molecule has 0 bridgehead atoms. The van der Waals surface area contributed by atoms with Crippen molar-refractivity contribution in [2.45, 2.75) is 58.5 Å². The van der Waals surface area contributed by atoms with E-state index in [1.807, 2.05) is 62.4 Å². The summed E-state index contributed by atoms with van der Waals surface area (Å²) >= 11 is 0. The standard InChI is InChI=1S/C44H42F2N6O6/c1-24-30(6-3-8-32(24)41-49-34-16-28(23-52-12-5-10-36(52)43(53)54)37(57-44(45)46)17-38(34)56-41)31-7-4-9-33(25(31)2)42-50-35-15-26(14-27(18-47)40(35)58-42)20-51-21-29(22-51)39-19-48-11-13-55-39/h3-4,6-9,14-17,29,36,39,44,48H,5,10-13,19-23H2,1-2H3,(H,53,54)/t36-,39?/m0/s1. The number of morpholine rings is 1. The number of nitrogens with one attached hydrogen (secondary N) is 1. The monoisotopic (exact) mass is 788 g/mol. The predicted octanol–water partition coefficient (Wildman–Crippen LogP) is 7.53. The Balaban J connectivity index is 0.996. The van der Waals surface area contributed by atoms with Crippen molar-refractivity contribution in [2.24, 2.45) is 5.92 Å². The van der Waals surface area contributed by atoms with Gasteiger partial charge in [-0.3, -0.25) is 14.6 Å². The number of aromatic nitrogens is 2. The van der Waals surface area contributed by atoms with Crippen molar-refractivity contribution >= 4 is 28.2 Å². The maximum absolute atomic E-state index is 13.5. The van der Waals surface area contributed by atoms with E-state index in [4.69, 9.17) is 28.3 Å². The van der Waals surface area contributed by atoms with Crippen LogP contribution in [0.15, 0.2) is 69.5 Å². The second kappa shape index (κ2) is 15.6. The Morgan fingerprint density at radius 1 is 0.983 bits per heavy atom. The van der Waals surface area contributed by atoms with E-state index in [-0.39, 0.29) is 24.0 Å². The van der Waals surface area contributed by atoms with Gasteiger partial charge in [0.05, 0.1) is 18.3 Å². The topological polar surface area (TPSA) is 150 Å². The van der Waals surface area contributed by atoms with E-state index in [9.17, 15) is 23.9 Å². The van der Waals surface area contributed by atoms with E-state index in [0.717, 1.165) is 66.2 Å². The SMILES string of the molecule is Cc1c(-c2nc3cc(CN4CCC[C@H]4C(=O)O)c(OC(F)F)cc3o2)cccc1-c1cccc(-c2nc3cc(CN4CC(C5CNCCO5)C4)cc(C#N)c3o2)c1C. The van der Waals surface area contributed by atoms with Crippen molar-refractivity contribution in [1.82, 2.24) is 25.1 Å². The summed E-state index contributed by atoms with van der Waals surface area (Å²) in [5.74, 6) is 0.200. The molecule has 3 saturated heterocycles. The van der Waals surface area contributed by atoms with Gasteiger partial charge in [0, 0.05) is 67.9 Å². The number of alkyl halides is 2. The molecule has 1 unspecified atom stereocenters. The summed E-state index contributed by atoms with van der Waals surface area (Å²) in [6.45, 7) is 6.70. The first-order valence-corrected chi connectivity index (χ1v) is 19.6. The summed E-state index contributed by atoms with van der Waals surface area (Å²) in [6.07, 6.45) is 1.43. The molecular formula is C44H42F2N6O6. The number of aliphatic carboxylic acids is 1. The van der Waals surface area contributed by atoms with Crippen molar-refractivity contribution in [3.63, 3.8) is 0 Å². The first-order chi connectivity index (χ1) is 28.1. The molecular weight excluding hydrogens is 747 g/mol. The first kappa shape index (κ1) is 37.8. The van der Waals surface area contributed by atoms with Gasteiger partial charge in [0.25, 0.3) is 0 Å². The van der Waals surface area contributed by atoms with Gasteiger partial charge >= 0.3 is 12.6 Å². The van der Waals surface area contributed by atoms with Crippen molar-refractivity contribution < 1.29 is 37.0 Å². The number of ether oxygens (including phenoxy) is 2. The van der Waals surface area contributed by atoms with Crippen LogP contribution in [0.5, 0.6) is 5.75 Å². The first-order valence-electron chi connectivity index (χ1n) is 19.6. The molecule has 4 aromatic carbocycles. The third-order valence-electron chi connectivity index (χ3n) is 11.8. The largest absolute Gasteiger partial charge is 0.480 e. The molecule has 6 aromatic rings. The zero-order valence-electron chi connectivity index (χ0n) is 32.1. The summed E-state index contributed by atoms with van der Waals surface area (Å²) in [5, 5.41) is 23.2. The molecule has 3 aliphatic rings. The molecule has 0 saturated carbocycles. The lowest BCUT2D eigenvalue weighted by molar-refractivity contribution is -0.142. The maximum Gasteiger partial charge on any atom is 0.387 e. The Kier molecular flexibility index (Phi) is 10.1. The molecule has 2 aromatic heterocycles. The molecule has 0 spiro atoms. The van der Waals surface area contributed by atoms with Crippen LogP contribution in [0, 0.1) is 31.1 Å². The number of halogens is 2. The third kappa shape index (κ3) is 7.19. The van der Waals surface area contributed by atoms with E-state index >= 15 is 0 Å². The van der Waals surface area contributed by atoms with Gasteiger partial charge in [-0.2, -0.15) is 14.0 Å². The minimum Gasteiger partial charge on any atom is -0.480 e. The molecule has 0 radical (unpaired) electrons. The number of carboxylic acids is 1. The van der Waals surface area contributed by atoms with E-state index in [1.54, 1.807) is 11.0 Å². The lowest BCUT2D eigenvalue weighted by Crippen LogP contribution is -2.56. The summed E-state index contributed by atoms with van der Waals surface area (Å²) in [6, 6.07) is 20.3. The van der Waals surface area contributed by atoms with Gasteiger partial charge in [-0.15, -0.1) is 0 Å². The summed E-state index contributed by atoms with van der Waals surface area (Å²) in [7, 11) is 0. The van der Waals surface area contributed by atoms with Crippen molar-refractivity contribution in [3.05, 3.63) is 88.5 Å². The minimum absolute atomic E-state index is 0.0795. The second-order valence-corrected chi connectivity index (χ2v) is 15.4. The van der Waals surface area contributed by atoms with Gasteiger partial charge in [-0.25, -0.2) is 9.97 Å². The van der Waals surface area contributed by atoms with Crippen LogP contribution in [0.25, 0.3) is 56.2 Å². The summed E-state index contributed by atoms with van der Waals surface area (Å²) < 4.78 is 50.4. The fourth-order valence-corrected chi connectivity index (χ4v) is 8.78. The molecule has 0 amide bonds. The number of fused-ring (bicyclic) bond motifs is 2. The molecule has 14 heteroatoms. The Morgan fingerprint density at radius 3 is 2.36 bits per heavy atom. The Hall–Kier alpha value is -5.72. The maximum atomic E-state index is 13.5. The second-order valence-electron chi connectivity index (χ2n) is 15.4. The molecule has 3 fully saturated rings. The molecule has 5 heterocycles. The van der Waals surface area contributed by atoms with Crippen LogP contribution in [0.3, 0.4) is 0 Å². The predicted molar refractivity (Wildman–Crippen MR) is 211 cm³/mol. The van der Waals surface area contributed by atoms with Gasteiger partial charge in [-0.1, -0.05) is 24.3 Å². The Bertz CT molecular complexity index is 2570. The van der Waals surface area contributed by atoms with Crippen molar-refractivity contribution in [2.75, 3.05) is 39.3 Å². The molecule has 2 atom stereocenters. The number of nitrogens with zero attached hydrogens (tertiary/aromatic N) is 5. The van der Waals surface area contributed by atoms with Crippen LogP contribution in [0.1, 0.15) is 40.7 Å². The number of carboxylic acid groups (broad SMARTS) is 1. The highest BCUT2D eigenvalue weighted by atomic mass is 19.3. The van der Waals surface area contributed by atoms with Crippen LogP contribution >= 0.6 is 0 Å². The highest BCUT2D eigenvalue weighted by Crippen LogP contribution is 2.39. The number of nitriles is 1. The summed E-state index contributed by atoms with van der Waals surface area (Å²) in [4.78, 5) is 25.6. The van der Waals surface area contributed by atoms with Crippen LogP contribution in [0.2, 0.25) is 0 Å². The lowest BCUT2D eigenvalue weighted by Gasteiger charge is -2.44. The van der Waals surface area contributed by atoms with E-state index < -0.39 is 18.6 Å². The lowest BCUT2D eigenvalue weighted by atomic mass is 9.91.